The van der Waals surface area contributed by atoms with Gasteiger partial charge in [-0.25, -0.2) is 4.79 Å². The first kappa shape index (κ1) is 17.7. The summed E-state index contributed by atoms with van der Waals surface area (Å²) >= 11 is 0. The molecule has 1 heterocycles. The number of hydrogen-bond donors (Lipinski definition) is 2. The molecule has 0 unspecified atom stereocenters. The Morgan fingerprint density at radius 1 is 1.32 bits per heavy atom. The van der Waals surface area contributed by atoms with Gasteiger partial charge in [-0.15, -0.1) is 0 Å². The first-order valence-electron chi connectivity index (χ1n) is 8.87. The van der Waals surface area contributed by atoms with Crippen LogP contribution in [0.5, 0.6) is 5.75 Å². The quantitative estimate of drug-likeness (QED) is 0.743. The minimum atomic E-state index is -0.934. The number of benzene rings is 1. The summed E-state index contributed by atoms with van der Waals surface area (Å²) in [6.07, 6.45) is 0.971. The zero-order chi connectivity index (χ0) is 18.2. The number of imide groups is 1. The van der Waals surface area contributed by atoms with E-state index in [0.717, 1.165) is 29.1 Å². The molecule has 2 fully saturated rings. The van der Waals surface area contributed by atoms with Gasteiger partial charge in [-0.05, 0) is 43.2 Å². The molecule has 3 amide bonds. The summed E-state index contributed by atoms with van der Waals surface area (Å²) in [5, 5.41) is 13.0. The first-order valence-corrected chi connectivity index (χ1v) is 8.87. The molecule has 1 saturated heterocycles. The van der Waals surface area contributed by atoms with Gasteiger partial charge in [-0.2, -0.15) is 0 Å². The third-order valence-corrected chi connectivity index (χ3v) is 5.06. The summed E-state index contributed by atoms with van der Waals surface area (Å²) in [6.45, 7) is 5.89. The van der Waals surface area contributed by atoms with Gasteiger partial charge < -0.3 is 15.2 Å². The fourth-order valence-electron chi connectivity index (χ4n) is 3.36. The highest BCUT2D eigenvalue weighted by molar-refractivity contribution is 6.07. The van der Waals surface area contributed by atoms with Crippen molar-refractivity contribution in [1.29, 1.82) is 0 Å². The second kappa shape index (κ2) is 6.67. The standard InChI is InChI=1S/C19H26N2O4/c1-12(2)15-6-4-5-7-16(15)25-11-14(22)10-21-17(23)19(3,13-8-9-13)20-18(21)24/h4-7,12-14,22H,8-11H2,1-3H3,(H,20,24)/t14-,19-/m1/s1. The molecule has 0 bridgehead atoms. The number of ether oxygens (including phenoxy) is 1. The molecule has 2 aliphatic rings. The molecule has 136 valence electrons. The Balaban J connectivity index is 1.59. The molecule has 1 aliphatic heterocycles. The van der Waals surface area contributed by atoms with Gasteiger partial charge in [0.1, 0.15) is 24.0 Å². The maximum Gasteiger partial charge on any atom is 0.325 e. The number of amides is 3. The lowest BCUT2D eigenvalue weighted by Gasteiger charge is -2.22. The summed E-state index contributed by atoms with van der Waals surface area (Å²) < 4.78 is 5.73. The van der Waals surface area contributed by atoms with Gasteiger partial charge in [0.25, 0.3) is 5.91 Å². The van der Waals surface area contributed by atoms with E-state index in [0.29, 0.717) is 5.92 Å². The normalized spacial score (nSPS) is 24.6. The van der Waals surface area contributed by atoms with E-state index in [1.165, 1.54) is 0 Å². The second-order valence-corrected chi connectivity index (χ2v) is 7.48. The van der Waals surface area contributed by atoms with Crippen LogP contribution in [0.25, 0.3) is 0 Å². The van der Waals surface area contributed by atoms with Crippen molar-refractivity contribution in [3.63, 3.8) is 0 Å². The van der Waals surface area contributed by atoms with Crippen LogP contribution in [0.2, 0.25) is 0 Å². The van der Waals surface area contributed by atoms with E-state index in [4.69, 9.17) is 4.74 Å². The van der Waals surface area contributed by atoms with Gasteiger partial charge in [0, 0.05) is 0 Å². The van der Waals surface area contributed by atoms with E-state index >= 15 is 0 Å². The second-order valence-electron chi connectivity index (χ2n) is 7.48. The lowest BCUT2D eigenvalue weighted by molar-refractivity contribution is -0.132. The number of rotatable bonds is 7. The highest BCUT2D eigenvalue weighted by Gasteiger charge is 2.56. The highest BCUT2D eigenvalue weighted by atomic mass is 16.5. The first-order chi connectivity index (χ1) is 11.8. The Morgan fingerprint density at radius 3 is 2.64 bits per heavy atom. The van der Waals surface area contributed by atoms with Gasteiger partial charge in [0.2, 0.25) is 0 Å². The molecule has 3 rings (SSSR count). The summed E-state index contributed by atoms with van der Waals surface area (Å²) in [6, 6.07) is 7.25. The maximum atomic E-state index is 12.6. The molecule has 0 aromatic heterocycles. The number of aliphatic hydroxyl groups excluding tert-OH is 1. The minimum absolute atomic E-state index is 0.0287. The fourth-order valence-corrected chi connectivity index (χ4v) is 3.36. The van der Waals surface area contributed by atoms with Crippen LogP contribution in [-0.4, -0.2) is 46.7 Å². The number of hydrogen-bond acceptors (Lipinski definition) is 4. The van der Waals surface area contributed by atoms with Gasteiger partial charge in [-0.1, -0.05) is 32.0 Å². The Hall–Kier alpha value is -2.08. The van der Waals surface area contributed by atoms with Crippen molar-refractivity contribution in [3.05, 3.63) is 29.8 Å². The Kier molecular flexibility index (Phi) is 4.73. The molecule has 1 aromatic rings. The van der Waals surface area contributed by atoms with Crippen molar-refractivity contribution in [2.75, 3.05) is 13.2 Å². The molecule has 6 heteroatoms. The van der Waals surface area contributed by atoms with Gasteiger partial charge in [0.05, 0.1) is 6.54 Å². The number of para-hydroxylation sites is 1. The van der Waals surface area contributed by atoms with Gasteiger partial charge in [0.15, 0.2) is 0 Å². The van der Waals surface area contributed by atoms with Crippen LogP contribution < -0.4 is 10.1 Å². The molecular formula is C19H26N2O4. The Morgan fingerprint density at radius 2 is 2.00 bits per heavy atom. The molecule has 1 saturated carbocycles. The van der Waals surface area contributed by atoms with Gasteiger partial charge >= 0.3 is 6.03 Å². The van der Waals surface area contributed by atoms with E-state index in [2.05, 4.69) is 19.2 Å². The maximum absolute atomic E-state index is 12.6. The largest absolute Gasteiger partial charge is 0.491 e. The van der Waals surface area contributed by atoms with Crippen molar-refractivity contribution < 1.29 is 19.4 Å². The third-order valence-electron chi connectivity index (χ3n) is 5.06. The topological polar surface area (TPSA) is 78.9 Å². The van der Waals surface area contributed by atoms with Crippen LogP contribution in [-0.2, 0) is 4.79 Å². The average molecular weight is 346 g/mol. The number of β-amino-alcohol motifs (C(OH)–C–C–N with tert-alkyl or cyclic N) is 1. The van der Waals surface area contributed by atoms with Crippen LogP contribution in [0.15, 0.2) is 24.3 Å². The van der Waals surface area contributed by atoms with E-state index < -0.39 is 17.7 Å². The molecule has 0 radical (unpaired) electrons. The lowest BCUT2D eigenvalue weighted by Crippen LogP contribution is -2.46. The molecule has 2 N–H and O–H groups in total. The van der Waals surface area contributed by atoms with Crippen molar-refractivity contribution >= 4 is 11.9 Å². The van der Waals surface area contributed by atoms with Crippen LogP contribution in [0.1, 0.15) is 45.1 Å². The van der Waals surface area contributed by atoms with Crippen LogP contribution in [0.3, 0.4) is 0 Å². The highest BCUT2D eigenvalue weighted by Crippen LogP contribution is 2.42. The summed E-state index contributed by atoms with van der Waals surface area (Å²) in [4.78, 5) is 25.8. The Bertz CT molecular complexity index is 671. The summed E-state index contributed by atoms with van der Waals surface area (Å²) in [5.74, 6) is 0.983. The molecule has 25 heavy (non-hydrogen) atoms. The van der Waals surface area contributed by atoms with Crippen molar-refractivity contribution in [2.24, 2.45) is 5.92 Å². The number of carbonyl (C=O) groups is 2. The molecular weight excluding hydrogens is 320 g/mol. The number of aliphatic hydroxyl groups is 1. The smallest absolute Gasteiger partial charge is 0.325 e. The van der Waals surface area contributed by atoms with E-state index in [9.17, 15) is 14.7 Å². The fraction of sp³-hybridized carbons (Fsp3) is 0.579. The summed E-state index contributed by atoms with van der Waals surface area (Å²) in [7, 11) is 0. The average Bonchev–Trinajstić information content (AvgIpc) is 3.39. The Labute approximate surface area is 148 Å². The van der Waals surface area contributed by atoms with E-state index in [1.54, 1.807) is 6.92 Å². The van der Waals surface area contributed by atoms with Crippen molar-refractivity contribution in [2.45, 2.75) is 51.2 Å². The van der Waals surface area contributed by atoms with Crippen LogP contribution in [0, 0.1) is 5.92 Å². The van der Waals surface area contributed by atoms with E-state index in [1.807, 2.05) is 24.3 Å². The van der Waals surface area contributed by atoms with Crippen molar-refractivity contribution in [1.82, 2.24) is 10.2 Å². The molecule has 0 spiro atoms. The number of nitrogens with one attached hydrogen (secondary N) is 1. The third kappa shape index (κ3) is 3.49. The molecule has 2 atom stereocenters. The van der Waals surface area contributed by atoms with E-state index in [-0.39, 0.29) is 25.0 Å². The summed E-state index contributed by atoms with van der Waals surface area (Å²) in [5.41, 5.74) is 0.244. The number of urea groups is 1. The number of nitrogens with zero attached hydrogens (tertiary/aromatic N) is 1. The molecule has 1 aromatic carbocycles. The SMILES string of the molecule is CC(C)c1ccccc1OC[C@H](O)CN1C(=O)N[C@](C)(C2CC2)C1=O. The minimum Gasteiger partial charge on any atom is -0.491 e. The zero-order valence-corrected chi connectivity index (χ0v) is 15.0. The zero-order valence-electron chi connectivity index (χ0n) is 15.0. The van der Waals surface area contributed by atoms with Gasteiger partial charge in [-0.3, -0.25) is 9.69 Å². The van der Waals surface area contributed by atoms with Crippen molar-refractivity contribution in [3.8, 4) is 5.75 Å². The van der Waals surface area contributed by atoms with Crippen LogP contribution >= 0.6 is 0 Å². The molecule has 1 aliphatic carbocycles. The lowest BCUT2D eigenvalue weighted by atomic mass is 9.96. The molecule has 6 nitrogen and oxygen atoms in total. The van der Waals surface area contributed by atoms with Crippen LogP contribution in [0.4, 0.5) is 4.79 Å². The predicted molar refractivity (Wildman–Crippen MR) is 93.4 cm³/mol. The monoisotopic (exact) mass is 346 g/mol. The predicted octanol–water partition coefficient (Wildman–Crippen LogP) is 2.27. The number of carbonyl (C=O) groups excluding carboxylic acids is 2.